The van der Waals surface area contributed by atoms with Gasteiger partial charge in [-0.1, -0.05) is 12.1 Å². The van der Waals surface area contributed by atoms with Crippen LogP contribution in [-0.4, -0.2) is 36.2 Å². The maximum absolute atomic E-state index is 13.2. The van der Waals surface area contributed by atoms with Gasteiger partial charge in [-0.05, 0) is 37.0 Å². The lowest BCUT2D eigenvalue weighted by atomic mass is 9.88. The molecule has 108 valence electrons. The van der Waals surface area contributed by atoms with Gasteiger partial charge in [0, 0.05) is 13.1 Å². The molecule has 3 saturated heterocycles. The van der Waals surface area contributed by atoms with Crippen LogP contribution in [0, 0.1) is 5.82 Å². The van der Waals surface area contributed by atoms with E-state index in [1.807, 2.05) is 0 Å². The van der Waals surface area contributed by atoms with Crippen LogP contribution in [0.25, 0.3) is 0 Å². The van der Waals surface area contributed by atoms with E-state index in [1.165, 1.54) is 16.4 Å². The van der Waals surface area contributed by atoms with Crippen LogP contribution in [0.3, 0.4) is 0 Å². The number of benzene rings is 1. The Balaban J connectivity index is 1.64. The molecule has 4 nitrogen and oxygen atoms in total. The first-order chi connectivity index (χ1) is 9.49. The highest BCUT2D eigenvalue weighted by Gasteiger charge is 2.65. The van der Waals surface area contributed by atoms with Crippen molar-refractivity contribution < 1.29 is 17.5 Å². The minimum absolute atomic E-state index is 0.117. The topological polar surface area (TPSA) is 46.6 Å². The second kappa shape index (κ2) is 4.02. The van der Waals surface area contributed by atoms with Gasteiger partial charge >= 0.3 is 0 Å². The fourth-order valence-electron chi connectivity index (χ4n) is 3.88. The van der Waals surface area contributed by atoms with Gasteiger partial charge in [0.15, 0.2) is 0 Å². The summed E-state index contributed by atoms with van der Waals surface area (Å²) in [7, 11) is -3.33. The molecule has 3 aliphatic rings. The molecule has 2 bridgehead atoms. The number of ether oxygens (including phenoxy) is 1. The monoisotopic (exact) mass is 297 g/mol. The summed E-state index contributed by atoms with van der Waals surface area (Å²) in [5.41, 5.74) is 0.177. The molecule has 0 aromatic heterocycles. The molecular weight excluding hydrogens is 281 g/mol. The van der Waals surface area contributed by atoms with Gasteiger partial charge in [-0.3, -0.25) is 0 Å². The summed E-state index contributed by atoms with van der Waals surface area (Å²) in [4.78, 5) is 0. The summed E-state index contributed by atoms with van der Waals surface area (Å²) in [6.07, 6.45) is 2.51. The number of rotatable bonds is 2. The number of hydrogen-bond acceptors (Lipinski definition) is 3. The van der Waals surface area contributed by atoms with Gasteiger partial charge in [-0.2, -0.15) is 4.31 Å². The van der Waals surface area contributed by atoms with Crippen LogP contribution < -0.4 is 0 Å². The zero-order valence-corrected chi connectivity index (χ0v) is 11.8. The number of sulfonamides is 1. The molecule has 3 fully saturated rings. The molecule has 2 unspecified atom stereocenters. The quantitative estimate of drug-likeness (QED) is 0.834. The van der Waals surface area contributed by atoms with Gasteiger partial charge in [0.1, 0.15) is 16.7 Å². The molecular formula is C14H16FNO3S. The molecule has 4 rings (SSSR count). The second-order valence-electron chi connectivity index (χ2n) is 6.01. The predicted octanol–water partition coefficient (Wildman–Crippen LogP) is 1.66. The first-order valence-corrected chi connectivity index (χ1v) is 8.41. The largest absolute Gasteiger partial charge is 0.369 e. The molecule has 0 amide bonds. The number of fused-ring (bicyclic) bond motifs is 1. The van der Waals surface area contributed by atoms with Gasteiger partial charge in [0.05, 0.1) is 6.10 Å². The fraction of sp³-hybridized carbons (Fsp3) is 0.571. The van der Waals surface area contributed by atoms with Crippen LogP contribution in [0.15, 0.2) is 24.3 Å². The van der Waals surface area contributed by atoms with E-state index in [2.05, 4.69) is 0 Å². The molecule has 1 aromatic rings. The van der Waals surface area contributed by atoms with E-state index in [1.54, 1.807) is 12.1 Å². The Morgan fingerprint density at radius 1 is 1.45 bits per heavy atom. The fourth-order valence-corrected chi connectivity index (χ4v) is 6.21. The average molecular weight is 297 g/mol. The van der Waals surface area contributed by atoms with Crippen LogP contribution in [0.2, 0.25) is 0 Å². The third-order valence-electron chi connectivity index (χ3n) is 4.77. The minimum atomic E-state index is -3.33. The van der Waals surface area contributed by atoms with E-state index in [0.29, 0.717) is 18.5 Å². The molecule has 0 aliphatic carbocycles. The van der Waals surface area contributed by atoms with Crippen molar-refractivity contribution in [1.29, 1.82) is 0 Å². The minimum Gasteiger partial charge on any atom is -0.369 e. The van der Waals surface area contributed by atoms with Crippen molar-refractivity contribution in [2.45, 2.75) is 42.8 Å². The highest BCUT2D eigenvalue weighted by molar-refractivity contribution is 7.90. The Morgan fingerprint density at radius 3 is 3.00 bits per heavy atom. The molecule has 0 saturated carbocycles. The van der Waals surface area contributed by atoms with Crippen molar-refractivity contribution in [2.24, 2.45) is 0 Å². The zero-order chi connectivity index (χ0) is 14.0. The lowest BCUT2D eigenvalue weighted by molar-refractivity contribution is 0.0119. The Hall–Kier alpha value is -0.980. The van der Waals surface area contributed by atoms with Crippen molar-refractivity contribution in [3.05, 3.63) is 35.6 Å². The van der Waals surface area contributed by atoms with Crippen molar-refractivity contribution in [3.63, 3.8) is 0 Å². The molecule has 0 N–H and O–H groups in total. The summed E-state index contributed by atoms with van der Waals surface area (Å²) in [5.74, 6) is -0.338. The van der Waals surface area contributed by atoms with Gasteiger partial charge in [-0.15, -0.1) is 0 Å². The van der Waals surface area contributed by atoms with E-state index in [-0.39, 0.29) is 18.5 Å². The van der Waals surface area contributed by atoms with E-state index >= 15 is 0 Å². The molecule has 3 heterocycles. The van der Waals surface area contributed by atoms with Crippen molar-refractivity contribution >= 4 is 10.0 Å². The zero-order valence-electron chi connectivity index (χ0n) is 11.0. The summed E-state index contributed by atoms with van der Waals surface area (Å²) in [5, 5.41) is -0.401. The summed E-state index contributed by atoms with van der Waals surface area (Å²) >= 11 is 0. The molecule has 20 heavy (non-hydrogen) atoms. The van der Waals surface area contributed by atoms with E-state index in [4.69, 9.17) is 4.74 Å². The van der Waals surface area contributed by atoms with Gasteiger partial charge in [0.25, 0.3) is 0 Å². The Bertz CT molecular complexity index is 662. The van der Waals surface area contributed by atoms with Crippen LogP contribution in [0.1, 0.15) is 24.8 Å². The highest BCUT2D eigenvalue weighted by atomic mass is 32.2. The normalized spacial score (nSPS) is 38.2. The first kappa shape index (κ1) is 12.7. The SMILES string of the molecule is O=S1(=O)C2CC3CC[C@]2(CN1Cc1cccc(F)c1)O3. The van der Waals surface area contributed by atoms with Crippen LogP contribution in [0.4, 0.5) is 4.39 Å². The Morgan fingerprint density at radius 2 is 2.30 bits per heavy atom. The lowest BCUT2D eigenvalue weighted by Gasteiger charge is -2.21. The summed E-state index contributed by atoms with van der Waals surface area (Å²) < 4.78 is 45.8. The molecule has 6 heteroatoms. The second-order valence-corrected chi connectivity index (χ2v) is 8.13. The number of halogens is 1. The Labute approximate surface area is 117 Å². The third kappa shape index (κ3) is 1.68. The standard InChI is InChI=1S/C14H16FNO3S/c15-11-3-1-2-10(6-11)8-16-9-14-5-4-12(19-14)7-13(14)20(16,17)18/h1-3,6,12-13H,4-5,7-9H2/t12?,13?,14-/m1/s1. The number of hydrogen-bond donors (Lipinski definition) is 0. The Kier molecular flexibility index (Phi) is 2.56. The predicted molar refractivity (Wildman–Crippen MR) is 71.0 cm³/mol. The summed E-state index contributed by atoms with van der Waals surface area (Å²) in [6.45, 7) is 0.638. The average Bonchev–Trinajstić information content (AvgIpc) is 3.00. The first-order valence-electron chi connectivity index (χ1n) is 6.91. The summed E-state index contributed by atoms with van der Waals surface area (Å²) in [6, 6.07) is 6.11. The molecule has 1 spiro atoms. The lowest BCUT2D eigenvalue weighted by Crippen LogP contribution is -2.38. The van der Waals surface area contributed by atoms with E-state index in [9.17, 15) is 12.8 Å². The van der Waals surface area contributed by atoms with Gasteiger partial charge in [0.2, 0.25) is 10.0 Å². The maximum atomic E-state index is 13.2. The van der Waals surface area contributed by atoms with Crippen LogP contribution >= 0.6 is 0 Å². The van der Waals surface area contributed by atoms with Crippen molar-refractivity contribution in [3.8, 4) is 0 Å². The van der Waals surface area contributed by atoms with Crippen LogP contribution in [0.5, 0.6) is 0 Å². The van der Waals surface area contributed by atoms with E-state index in [0.717, 1.165) is 12.8 Å². The van der Waals surface area contributed by atoms with Gasteiger partial charge in [-0.25, -0.2) is 12.8 Å². The van der Waals surface area contributed by atoms with Crippen LogP contribution in [-0.2, 0) is 21.3 Å². The van der Waals surface area contributed by atoms with Crippen molar-refractivity contribution in [1.82, 2.24) is 4.31 Å². The molecule has 3 aliphatic heterocycles. The van der Waals surface area contributed by atoms with Crippen molar-refractivity contribution in [2.75, 3.05) is 6.54 Å². The number of nitrogens with zero attached hydrogens (tertiary/aromatic N) is 1. The van der Waals surface area contributed by atoms with E-state index < -0.39 is 20.9 Å². The molecule has 0 radical (unpaired) electrons. The smallest absolute Gasteiger partial charge is 0.220 e. The molecule has 1 aromatic carbocycles. The third-order valence-corrected chi connectivity index (χ3v) is 7.09. The molecule has 3 atom stereocenters. The highest BCUT2D eigenvalue weighted by Crippen LogP contribution is 2.52. The van der Waals surface area contributed by atoms with Gasteiger partial charge < -0.3 is 4.74 Å². The maximum Gasteiger partial charge on any atom is 0.220 e.